The minimum Gasteiger partial charge on any atom is -0.454 e. The molecular weight excluding hydrogens is 464 g/mol. The van der Waals surface area contributed by atoms with Crippen LogP contribution in [0.5, 0.6) is 0 Å². The summed E-state index contributed by atoms with van der Waals surface area (Å²) < 4.78 is 8.84. The van der Waals surface area contributed by atoms with Crippen molar-refractivity contribution in [2.75, 3.05) is 0 Å². The average Bonchev–Trinajstić information content (AvgIpc) is 3.31. The second-order valence-electron chi connectivity index (χ2n) is 10.3. The van der Waals surface area contributed by atoms with Crippen LogP contribution in [0, 0.1) is 18.3 Å². The first-order valence-electron chi connectivity index (χ1n) is 13.0. The molecule has 0 aliphatic rings. The number of nitriles is 1. The van der Waals surface area contributed by atoms with E-state index in [0.717, 1.165) is 61.0 Å². The molecule has 0 bridgehead atoms. The molecule has 0 amide bonds. The number of benzene rings is 4. The zero-order valence-corrected chi connectivity index (χ0v) is 22.1. The van der Waals surface area contributed by atoms with Gasteiger partial charge in [0.05, 0.1) is 17.2 Å². The van der Waals surface area contributed by atoms with Crippen molar-refractivity contribution >= 4 is 21.9 Å². The summed E-state index contributed by atoms with van der Waals surface area (Å²) in [6.07, 6.45) is 2.05. The first-order chi connectivity index (χ1) is 18.5. The van der Waals surface area contributed by atoms with E-state index in [1.807, 2.05) is 18.2 Å². The molecule has 2 heterocycles. The molecule has 0 atom stereocenters. The topological polar surface area (TPSA) is 40.8 Å². The van der Waals surface area contributed by atoms with Crippen molar-refractivity contribution < 1.29 is 8.98 Å². The van der Waals surface area contributed by atoms with E-state index in [0.29, 0.717) is 11.5 Å². The van der Waals surface area contributed by atoms with Gasteiger partial charge in [-0.15, -0.1) is 0 Å². The van der Waals surface area contributed by atoms with Crippen molar-refractivity contribution in [1.29, 1.82) is 5.26 Å². The predicted molar refractivity (Wildman–Crippen MR) is 155 cm³/mol. The summed E-state index contributed by atoms with van der Waals surface area (Å²) in [7, 11) is 2.05. The smallest absolute Gasteiger partial charge is 0.216 e. The van der Waals surface area contributed by atoms with E-state index in [4.69, 9.17) is 4.42 Å². The molecular formula is C35H29N2O+. The first-order valence-corrected chi connectivity index (χ1v) is 13.0. The maximum Gasteiger partial charge on any atom is 0.216 e. The maximum atomic E-state index is 10.1. The number of furan rings is 1. The Balaban J connectivity index is 1.59. The fourth-order valence-electron chi connectivity index (χ4n) is 5.40. The van der Waals surface area contributed by atoms with Gasteiger partial charge in [-0.25, -0.2) is 4.57 Å². The van der Waals surface area contributed by atoms with Crippen LogP contribution in [0.25, 0.3) is 55.4 Å². The van der Waals surface area contributed by atoms with Gasteiger partial charge in [0.15, 0.2) is 6.20 Å². The Hall–Kier alpha value is -4.68. The minimum atomic E-state index is 0.492. The van der Waals surface area contributed by atoms with Crippen LogP contribution in [-0.4, -0.2) is 0 Å². The van der Waals surface area contributed by atoms with Crippen LogP contribution in [0.3, 0.4) is 0 Å². The van der Waals surface area contributed by atoms with Crippen molar-refractivity contribution in [2.24, 2.45) is 7.05 Å². The van der Waals surface area contributed by atoms with Gasteiger partial charge in [0.1, 0.15) is 18.2 Å². The number of fused-ring (bicyclic) bond motifs is 3. The highest BCUT2D eigenvalue weighted by Crippen LogP contribution is 2.42. The molecule has 3 heteroatoms. The number of pyridine rings is 1. The van der Waals surface area contributed by atoms with Gasteiger partial charge in [-0.1, -0.05) is 68.4 Å². The standard InChI is InChI=1S/C35H29N2O/c1-22(2)24-12-14-25(15-13-24)26-8-7-9-27(20-26)33-28(21-36)16-18-30-29-17-11-23(3)32(34(29)38-35(30)33)31-10-5-6-19-37(31)4/h5-20,22H,1-4H3/q+1. The second-order valence-corrected chi connectivity index (χ2v) is 10.3. The molecule has 2 aromatic heterocycles. The van der Waals surface area contributed by atoms with Crippen molar-refractivity contribution in [2.45, 2.75) is 26.7 Å². The summed E-state index contributed by atoms with van der Waals surface area (Å²) in [4.78, 5) is 0. The number of nitrogens with zero attached hydrogens (tertiary/aromatic N) is 2. The van der Waals surface area contributed by atoms with Gasteiger partial charge in [-0.05, 0) is 64.9 Å². The Morgan fingerprint density at radius 1 is 0.737 bits per heavy atom. The van der Waals surface area contributed by atoms with Gasteiger partial charge in [0, 0.05) is 28.5 Å². The summed E-state index contributed by atoms with van der Waals surface area (Å²) in [5, 5.41) is 12.2. The number of hydrogen-bond donors (Lipinski definition) is 0. The lowest BCUT2D eigenvalue weighted by Gasteiger charge is -2.10. The van der Waals surface area contributed by atoms with Crippen LogP contribution in [0.15, 0.2) is 102 Å². The molecule has 0 aliphatic carbocycles. The molecule has 0 saturated heterocycles. The van der Waals surface area contributed by atoms with Crippen LogP contribution >= 0.6 is 0 Å². The number of hydrogen-bond acceptors (Lipinski definition) is 2. The van der Waals surface area contributed by atoms with Gasteiger partial charge >= 0.3 is 0 Å². The van der Waals surface area contributed by atoms with Gasteiger partial charge < -0.3 is 4.42 Å². The monoisotopic (exact) mass is 493 g/mol. The molecule has 0 unspecified atom stereocenters. The predicted octanol–water partition coefficient (Wildman–Crippen LogP) is 8.72. The van der Waals surface area contributed by atoms with E-state index >= 15 is 0 Å². The molecule has 0 N–H and O–H groups in total. The largest absolute Gasteiger partial charge is 0.454 e. The zero-order valence-electron chi connectivity index (χ0n) is 22.1. The number of aromatic nitrogens is 1. The normalized spacial score (nSPS) is 11.4. The van der Waals surface area contributed by atoms with Crippen LogP contribution in [0.2, 0.25) is 0 Å². The van der Waals surface area contributed by atoms with Crippen molar-refractivity contribution in [3.05, 3.63) is 114 Å². The van der Waals surface area contributed by atoms with Crippen LogP contribution in [0.4, 0.5) is 0 Å². The summed E-state index contributed by atoms with van der Waals surface area (Å²) >= 11 is 0. The van der Waals surface area contributed by atoms with Crippen LogP contribution < -0.4 is 4.57 Å². The lowest BCUT2D eigenvalue weighted by Crippen LogP contribution is -2.30. The van der Waals surface area contributed by atoms with Crippen molar-refractivity contribution in [3.8, 4) is 39.6 Å². The van der Waals surface area contributed by atoms with Crippen LogP contribution in [0.1, 0.15) is 36.5 Å². The fraction of sp³-hybridized carbons (Fsp3) is 0.143. The molecule has 0 saturated carbocycles. The van der Waals surface area contributed by atoms with Crippen LogP contribution in [-0.2, 0) is 7.05 Å². The Bertz CT molecular complexity index is 1870. The third kappa shape index (κ3) is 3.86. The molecule has 0 radical (unpaired) electrons. The summed E-state index contributed by atoms with van der Waals surface area (Å²) in [5.74, 6) is 0.492. The Kier molecular flexibility index (Phi) is 5.81. The fourth-order valence-corrected chi connectivity index (χ4v) is 5.40. The lowest BCUT2D eigenvalue weighted by molar-refractivity contribution is -0.660. The SMILES string of the molecule is Cc1ccc2c(oc3c(-c4cccc(-c5ccc(C(C)C)cc5)c4)c(C#N)ccc32)c1-c1cccc[n+]1C. The molecule has 184 valence electrons. The molecule has 38 heavy (non-hydrogen) atoms. The molecule has 0 fully saturated rings. The van der Waals surface area contributed by atoms with Gasteiger partial charge in [0.25, 0.3) is 0 Å². The van der Waals surface area contributed by atoms with Gasteiger partial charge in [-0.2, -0.15) is 5.26 Å². The number of rotatable bonds is 4. The Labute approximate surface area is 223 Å². The maximum absolute atomic E-state index is 10.1. The highest BCUT2D eigenvalue weighted by Gasteiger charge is 2.23. The van der Waals surface area contributed by atoms with Gasteiger partial charge in [0.2, 0.25) is 5.69 Å². The Morgan fingerprint density at radius 3 is 2.16 bits per heavy atom. The summed E-state index contributed by atoms with van der Waals surface area (Å²) in [6.45, 7) is 6.53. The summed E-state index contributed by atoms with van der Waals surface area (Å²) in [6, 6.07) is 34.0. The van der Waals surface area contributed by atoms with Gasteiger partial charge in [-0.3, -0.25) is 0 Å². The first kappa shape index (κ1) is 23.7. The molecule has 4 aromatic carbocycles. The minimum absolute atomic E-state index is 0.492. The highest BCUT2D eigenvalue weighted by atomic mass is 16.3. The molecule has 3 nitrogen and oxygen atoms in total. The molecule has 0 spiro atoms. The third-order valence-corrected chi connectivity index (χ3v) is 7.51. The zero-order chi connectivity index (χ0) is 26.4. The van der Waals surface area contributed by atoms with Crippen molar-refractivity contribution in [3.63, 3.8) is 0 Å². The average molecular weight is 494 g/mol. The van der Waals surface area contributed by atoms with E-state index in [-0.39, 0.29) is 0 Å². The molecule has 6 aromatic rings. The second kappa shape index (κ2) is 9.32. The van der Waals surface area contributed by atoms with E-state index in [9.17, 15) is 5.26 Å². The van der Waals surface area contributed by atoms with E-state index in [1.54, 1.807) is 0 Å². The lowest BCUT2D eigenvalue weighted by atomic mass is 9.93. The third-order valence-electron chi connectivity index (χ3n) is 7.51. The Morgan fingerprint density at radius 2 is 1.45 bits per heavy atom. The highest BCUT2D eigenvalue weighted by molar-refractivity contribution is 6.14. The summed E-state index contributed by atoms with van der Waals surface area (Å²) in [5.41, 5.74) is 10.9. The quantitative estimate of drug-likeness (QED) is 0.230. The van der Waals surface area contributed by atoms with E-state index < -0.39 is 0 Å². The van der Waals surface area contributed by atoms with E-state index in [1.165, 1.54) is 5.56 Å². The van der Waals surface area contributed by atoms with E-state index in [2.05, 4.69) is 117 Å². The molecule has 0 aliphatic heterocycles. The number of aryl methyl sites for hydroxylation is 2. The van der Waals surface area contributed by atoms with Crippen molar-refractivity contribution in [1.82, 2.24) is 0 Å². The molecule has 6 rings (SSSR count).